The minimum Gasteiger partial charge on any atom is -0.449 e. The molecule has 0 spiro atoms. The highest BCUT2D eigenvalue weighted by atomic mass is 16.6. The minimum absolute atomic E-state index is 0.235. The van der Waals surface area contributed by atoms with Gasteiger partial charge in [-0.15, -0.1) is 0 Å². The van der Waals surface area contributed by atoms with Crippen molar-refractivity contribution in [1.82, 2.24) is 24.6 Å². The quantitative estimate of drug-likeness (QED) is 0.834. The van der Waals surface area contributed by atoms with Crippen LogP contribution in [0.5, 0.6) is 0 Å². The Morgan fingerprint density at radius 3 is 2.46 bits per heavy atom. The fourth-order valence-corrected chi connectivity index (χ4v) is 2.91. The number of aromatic nitrogens is 4. The lowest BCUT2D eigenvalue weighted by atomic mass is 10.2. The van der Waals surface area contributed by atoms with E-state index in [9.17, 15) is 4.79 Å². The summed E-state index contributed by atoms with van der Waals surface area (Å²) in [4.78, 5) is 25.0. The van der Waals surface area contributed by atoms with Gasteiger partial charge in [-0.05, 0) is 25.8 Å². The average Bonchev–Trinajstić information content (AvgIpc) is 2.98. The highest BCUT2D eigenvalue weighted by Gasteiger charge is 2.23. The molecule has 0 atom stereocenters. The first-order valence-corrected chi connectivity index (χ1v) is 8.96. The Morgan fingerprint density at radius 1 is 1.15 bits per heavy atom. The van der Waals surface area contributed by atoms with Gasteiger partial charge in [0.05, 0.1) is 24.7 Å². The summed E-state index contributed by atoms with van der Waals surface area (Å²) in [5.41, 5.74) is 1.97. The number of rotatable bonds is 4. The number of ether oxygens (including phenoxy) is 1. The molecule has 1 saturated heterocycles. The van der Waals surface area contributed by atoms with Crippen LogP contribution in [0.3, 0.4) is 0 Å². The Morgan fingerprint density at radius 2 is 1.85 bits per heavy atom. The molecule has 1 amide bonds. The van der Waals surface area contributed by atoms with Crippen LogP contribution >= 0.6 is 0 Å². The zero-order chi connectivity index (χ0) is 18.7. The van der Waals surface area contributed by atoms with E-state index in [1.54, 1.807) is 22.0 Å². The zero-order valence-electron chi connectivity index (χ0n) is 15.8. The largest absolute Gasteiger partial charge is 0.449 e. The van der Waals surface area contributed by atoms with E-state index < -0.39 is 0 Å². The predicted molar refractivity (Wildman–Crippen MR) is 98.6 cm³/mol. The number of carbonyl (C=O) groups is 1. The standard InChI is InChI=1S/C18H26N6O2/c1-13(2)12-26-18(25)23-7-5-22(6-8-23)16-10-19-11-17(20-16)24-15(4)9-14(3)21-24/h9-11,13H,5-8,12H2,1-4H3. The van der Waals surface area contributed by atoms with Crippen LogP contribution in [-0.2, 0) is 4.74 Å². The maximum Gasteiger partial charge on any atom is 0.409 e. The Hall–Kier alpha value is -2.64. The Labute approximate surface area is 153 Å². The number of amides is 1. The Bertz CT molecular complexity index is 765. The van der Waals surface area contributed by atoms with Gasteiger partial charge in [0.15, 0.2) is 5.82 Å². The molecular weight excluding hydrogens is 332 g/mol. The molecule has 26 heavy (non-hydrogen) atoms. The number of hydrogen-bond donors (Lipinski definition) is 0. The number of carbonyl (C=O) groups excluding carboxylic acids is 1. The van der Waals surface area contributed by atoms with E-state index in [1.807, 2.05) is 33.8 Å². The molecule has 0 unspecified atom stereocenters. The molecule has 0 bridgehead atoms. The number of hydrogen-bond acceptors (Lipinski definition) is 6. The summed E-state index contributed by atoms with van der Waals surface area (Å²) in [6.07, 6.45) is 3.23. The molecule has 0 N–H and O–H groups in total. The molecule has 3 heterocycles. The van der Waals surface area contributed by atoms with Crippen LogP contribution in [0.2, 0.25) is 0 Å². The van der Waals surface area contributed by atoms with E-state index in [0.29, 0.717) is 44.5 Å². The summed E-state index contributed by atoms with van der Waals surface area (Å²) in [6, 6.07) is 2.01. The topological polar surface area (TPSA) is 76.4 Å². The van der Waals surface area contributed by atoms with E-state index in [4.69, 9.17) is 9.72 Å². The first-order chi connectivity index (χ1) is 12.4. The van der Waals surface area contributed by atoms with E-state index >= 15 is 0 Å². The fourth-order valence-electron chi connectivity index (χ4n) is 2.91. The number of anilines is 1. The summed E-state index contributed by atoms with van der Waals surface area (Å²) in [6.45, 7) is 11.1. The van der Waals surface area contributed by atoms with Crippen LogP contribution < -0.4 is 4.90 Å². The molecule has 2 aromatic heterocycles. The molecule has 8 nitrogen and oxygen atoms in total. The van der Waals surface area contributed by atoms with E-state index in [0.717, 1.165) is 17.2 Å². The van der Waals surface area contributed by atoms with Crippen molar-refractivity contribution in [3.8, 4) is 5.82 Å². The smallest absolute Gasteiger partial charge is 0.409 e. The van der Waals surface area contributed by atoms with Crippen molar-refractivity contribution < 1.29 is 9.53 Å². The van der Waals surface area contributed by atoms with Crippen LogP contribution in [0.1, 0.15) is 25.2 Å². The molecule has 0 aromatic carbocycles. The van der Waals surface area contributed by atoms with Crippen molar-refractivity contribution in [2.24, 2.45) is 5.92 Å². The fraction of sp³-hybridized carbons (Fsp3) is 0.556. The summed E-state index contributed by atoms with van der Waals surface area (Å²) in [7, 11) is 0. The highest BCUT2D eigenvalue weighted by Crippen LogP contribution is 2.16. The highest BCUT2D eigenvalue weighted by molar-refractivity contribution is 5.68. The van der Waals surface area contributed by atoms with Gasteiger partial charge in [0.2, 0.25) is 0 Å². The van der Waals surface area contributed by atoms with Gasteiger partial charge in [0.1, 0.15) is 5.82 Å². The first kappa shape index (κ1) is 18.2. The predicted octanol–water partition coefficient (Wildman–Crippen LogP) is 2.19. The number of nitrogens with zero attached hydrogens (tertiary/aromatic N) is 6. The summed E-state index contributed by atoms with van der Waals surface area (Å²) in [5.74, 6) is 1.84. The van der Waals surface area contributed by atoms with Crippen LogP contribution in [0, 0.1) is 19.8 Å². The second kappa shape index (κ2) is 7.72. The van der Waals surface area contributed by atoms with Crippen molar-refractivity contribution >= 4 is 11.9 Å². The summed E-state index contributed by atoms with van der Waals surface area (Å²) in [5, 5.41) is 4.46. The molecule has 3 rings (SSSR count). The van der Waals surface area contributed by atoms with Crippen molar-refractivity contribution in [3.63, 3.8) is 0 Å². The average molecular weight is 358 g/mol. The van der Waals surface area contributed by atoms with Crippen LogP contribution in [-0.4, -0.2) is 63.5 Å². The lowest BCUT2D eigenvalue weighted by Gasteiger charge is -2.34. The molecule has 140 valence electrons. The van der Waals surface area contributed by atoms with Crippen LogP contribution in [0.25, 0.3) is 5.82 Å². The third-order valence-corrected chi connectivity index (χ3v) is 4.24. The third-order valence-electron chi connectivity index (χ3n) is 4.24. The van der Waals surface area contributed by atoms with Gasteiger partial charge in [-0.25, -0.2) is 14.5 Å². The SMILES string of the molecule is Cc1cc(C)n(-c2cncc(N3CCN(C(=O)OCC(C)C)CC3)n2)n1. The second-order valence-electron chi connectivity index (χ2n) is 7.02. The van der Waals surface area contributed by atoms with Crippen LogP contribution in [0.15, 0.2) is 18.5 Å². The molecule has 1 aliphatic heterocycles. The number of piperazine rings is 1. The molecule has 2 aromatic rings. The maximum absolute atomic E-state index is 12.1. The van der Waals surface area contributed by atoms with Gasteiger partial charge in [-0.2, -0.15) is 5.10 Å². The van der Waals surface area contributed by atoms with Gasteiger partial charge < -0.3 is 14.5 Å². The van der Waals surface area contributed by atoms with Crippen molar-refractivity contribution in [1.29, 1.82) is 0 Å². The van der Waals surface area contributed by atoms with Gasteiger partial charge in [0, 0.05) is 31.9 Å². The monoisotopic (exact) mass is 358 g/mol. The lowest BCUT2D eigenvalue weighted by Crippen LogP contribution is -2.49. The molecule has 1 aliphatic rings. The summed E-state index contributed by atoms with van der Waals surface area (Å²) >= 11 is 0. The van der Waals surface area contributed by atoms with Crippen molar-refractivity contribution in [2.45, 2.75) is 27.7 Å². The molecule has 0 aliphatic carbocycles. The van der Waals surface area contributed by atoms with Gasteiger partial charge >= 0.3 is 6.09 Å². The zero-order valence-corrected chi connectivity index (χ0v) is 15.8. The van der Waals surface area contributed by atoms with Gasteiger partial charge in [0.25, 0.3) is 0 Å². The second-order valence-corrected chi connectivity index (χ2v) is 7.02. The van der Waals surface area contributed by atoms with E-state index in [-0.39, 0.29) is 6.09 Å². The Kier molecular flexibility index (Phi) is 5.39. The molecular formula is C18H26N6O2. The normalized spacial score (nSPS) is 14.8. The molecule has 0 saturated carbocycles. The van der Waals surface area contributed by atoms with Crippen molar-refractivity contribution in [2.75, 3.05) is 37.7 Å². The molecule has 1 fully saturated rings. The van der Waals surface area contributed by atoms with E-state index in [1.165, 1.54) is 0 Å². The molecule has 0 radical (unpaired) electrons. The van der Waals surface area contributed by atoms with Crippen LogP contribution in [0.4, 0.5) is 10.6 Å². The summed E-state index contributed by atoms with van der Waals surface area (Å²) < 4.78 is 7.10. The Balaban J connectivity index is 1.64. The van der Waals surface area contributed by atoms with E-state index in [2.05, 4.69) is 15.0 Å². The van der Waals surface area contributed by atoms with Gasteiger partial charge in [-0.3, -0.25) is 4.98 Å². The first-order valence-electron chi connectivity index (χ1n) is 8.96. The number of aryl methyl sites for hydroxylation is 2. The van der Waals surface area contributed by atoms with Gasteiger partial charge in [-0.1, -0.05) is 13.8 Å². The minimum atomic E-state index is -0.235. The molecule has 8 heteroatoms. The lowest BCUT2D eigenvalue weighted by molar-refractivity contribution is 0.0901. The maximum atomic E-state index is 12.1. The third kappa shape index (κ3) is 4.12. The van der Waals surface area contributed by atoms with Crippen molar-refractivity contribution in [3.05, 3.63) is 29.8 Å².